The van der Waals surface area contributed by atoms with E-state index in [1.54, 1.807) is 0 Å². The van der Waals surface area contributed by atoms with Gasteiger partial charge >= 0.3 is 5.97 Å². The first-order chi connectivity index (χ1) is 12.0. The van der Waals surface area contributed by atoms with E-state index in [9.17, 15) is 13.2 Å². The highest BCUT2D eigenvalue weighted by Gasteiger charge is 2.27. The molecule has 0 aromatic heterocycles. The Hall–Kier alpha value is -1.70. The standard InChI is InChI=1S/C18H18BrNO4S/c19-16-7-3-14(4-8-16)13-24-18(21)15-5-9-17(10-6-15)25(22,23)20-11-1-2-12-20/h3-10H,1-2,11-13H2. The van der Waals surface area contributed by atoms with Crippen LogP contribution in [0.1, 0.15) is 28.8 Å². The molecular weight excluding hydrogens is 406 g/mol. The van der Waals surface area contributed by atoms with Gasteiger partial charge < -0.3 is 4.74 Å². The van der Waals surface area contributed by atoms with Crippen molar-refractivity contribution >= 4 is 31.9 Å². The average molecular weight is 424 g/mol. The van der Waals surface area contributed by atoms with Crippen molar-refractivity contribution in [3.05, 3.63) is 64.1 Å². The molecule has 0 N–H and O–H groups in total. The molecule has 1 aliphatic rings. The maximum atomic E-state index is 12.5. The third kappa shape index (κ3) is 4.29. The molecule has 2 aromatic carbocycles. The molecule has 0 radical (unpaired) electrons. The van der Waals surface area contributed by atoms with Crippen molar-refractivity contribution in [1.29, 1.82) is 0 Å². The van der Waals surface area contributed by atoms with Crippen LogP contribution in [0.25, 0.3) is 0 Å². The van der Waals surface area contributed by atoms with Crippen LogP contribution in [0, 0.1) is 0 Å². The Balaban J connectivity index is 1.65. The number of benzene rings is 2. The first kappa shape index (κ1) is 18.1. The number of rotatable bonds is 5. The van der Waals surface area contributed by atoms with Crippen LogP contribution in [0.5, 0.6) is 0 Å². The van der Waals surface area contributed by atoms with E-state index in [1.807, 2.05) is 24.3 Å². The average Bonchev–Trinajstić information content (AvgIpc) is 3.16. The summed E-state index contributed by atoms with van der Waals surface area (Å²) in [5.74, 6) is -0.479. The first-order valence-corrected chi connectivity index (χ1v) is 10.2. The Morgan fingerprint density at radius 3 is 2.20 bits per heavy atom. The van der Waals surface area contributed by atoms with Crippen LogP contribution in [0.4, 0.5) is 0 Å². The molecule has 0 bridgehead atoms. The van der Waals surface area contributed by atoms with E-state index in [0.717, 1.165) is 22.9 Å². The molecule has 1 aliphatic heterocycles. The lowest BCUT2D eigenvalue weighted by molar-refractivity contribution is 0.0472. The maximum Gasteiger partial charge on any atom is 0.338 e. The Labute approximate surface area is 155 Å². The van der Waals surface area contributed by atoms with E-state index in [4.69, 9.17) is 4.74 Å². The number of hydrogen-bond donors (Lipinski definition) is 0. The number of halogens is 1. The van der Waals surface area contributed by atoms with Gasteiger partial charge in [-0.2, -0.15) is 4.31 Å². The first-order valence-electron chi connectivity index (χ1n) is 7.98. The number of nitrogens with zero attached hydrogens (tertiary/aromatic N) is 1. The summed E-state index contributed by atoms with van der Waals surface area (Å²) in [6.45, 7) is 1.28. The van der Waals surface area contributed by atoms with Gasteiger partial charge in [0.05, 0.1) is 10.5 Å². The molecule has 5 nitrogen and oxygen atoms in total. The number of ether oxygens (including phenoxy) is 1. The van der Waals surface area contributed by atoms with Crippen molar-refractivity contribution in [3.63, 3.8) is 0 Å². The summed E-state index contributed by atoms with van der Waals surface area (Å²) >= 11 is 3.35. The van der Waals surface area contributed by atoms with E-state index in [1.165, 1.54) is 28.6 Å². The highest BCUT2D eigenvalue weighted by molar-refractivity contribution is 9.10. The summed E-state index contributed by atoms with van der Waals surface area (Å²) in [6, 6.07) is 13.4. The van der Waals surface area contributed by atoms with E-state index in [-0.39, 0.29) is 11.5 Å². The Kier molecular flexibility index (Phi) is 5.56. The van der Waals surface area contributed by atoms with Gasteiger partial charge in [-0.05, 0) is 54.8 Å². The van der Waals surface area contributed by atoms with Gasteiger partial charge in [0, 0.05) is 17.6 Å². The lowest BCUT2D eigenvalue weighted by Gasteiger charge is -2.15. The topological polar surface area (TPSA) is 63.7 Å². The van der Waals surface area contributed by atoms with Crippen molar-refractivity contribution in [3.8, 4) is 0 Å². The molecule has 0 saturated carbocycles. The number of carbonyl (C=O) groups excluding carboxylic acids is 1. The van der Waals surface area contributed by atoms with Gasteiger partial charge in [-0.1, -0.05) is 28.1 Å². The summed E-state index contributed by atoms with van der Waals surface area (Å²) in [6.07, 6.45) is 1.78. The molecular formula is C18H18BrNO4S. The molecule has 0 amide bonds. The second kappa shape index (κ2) is 7.68. The van der Waals surface area contributed by atoms with E-state index in [0.29, 0.717) is 18.7 Å². The van der Waals surface area contributed by atoms with Crippen LogP contribution in [0.2, 0.25) is 0 Å². The minimum absolute atomic E-state index is 0.167. The third-order valence-corrected chi connectivity index (χ3v) is 6.52. The van der Waals surface area contributed by atoms with Crippen LogP contribution in [0.15, 0.2) is 57.9 Å². The van der Waals surface area contributed by atoms with E-state index >= 15 is 0 Å². The third-order valence-electron chi connectivity index (χ3n) is 4.08. The number of esters is 1. The number of carbonyl (C=O) groups is 1. The zero-order valence-corrected chi connectivity index (χ0v) is 15.9. The minimum atomic E-state index is -3.46. The molecule has 1 fully saturated rings. The SMILES string of the molecule is O=C(OCc1ccc(Br)cc1)c1ccc(S(=O)(=O)N2CCCC2)cc1. The number of hydrogen-bond acceptors (Lipinski definition) is 4. The van der Waals surface area contributed by atoms with Gasteiger partial charge in [0.15, 0.2) is 0 Å². The normalized spacial score (nSPS) is 15.2. The summed E-state index contributed by atoms with van der Waals surface area (Å²) in [5.41, 5.74) is 1.21. The quantitative estimate of drug-likeness (QED) is 0.689. The van der Waals surface area contributed by atoms with Gasteiger partial charge in [0.1, 0.15) is 6.61 Å². The zero-order valence-electron chi connectivity index (χ0n) is 13.5. The van der Waals surface area contributed by atoms with Gasteiger partial charge in [-0.3, -0.25) is 0 Å². The molecule has 25 heavy (non-hydrogen) atoms. The van der Waals surface area contributed by atoms with Crippen molar-refractivity contribution in [1.82, 2.24) is 4.31 Å². The van der Waals surface area contributed by atoms with Gasteiger partial charge in [-0.25, -0.2) is 13.2 Å². The molecule has 132 valence electrons. The van der Waals surface area contributed by atoms with Crippen molar-refractivity contribution in [2.45, 2.75) is 24.3 Å². The van der Waals surface area contributed by atoms with E-state index in [2.05, 4.69) is 15.9 Å². The lowest BCUT2D eigenvalue weighted by Crippen LogP contribution is -2.27. The van der Waals surface area contributed by atoms with Gasteiger partial charge in [0.25, 0.3) is 0 Å². The minimum Gasteiger partial charge on any atom is -0.457 e. The highest BCUT2D eigenvalue weighted by Crippen LogP contribution is 2.21. The Morgan fingerprint density at radius 1 is 1.00 bits per heavy atom. The van der Waals surface area contributed by atoms with Crippen LogP contribution < -0.4 is 0 Å². The molecule has 0 unspecified atom stereocenters. The summed E-state index contributed by atoms with van der Waals surface area (Å²) in [4.78, 5) is 12.3. The second-order valence-electron chi connectivity index (χ2n) is 5.84. The van der Waals surface area contributed by atoms with Crippen molar-refractivity contribution in [2.75, 3.05) is 13.1 Å². The molecule has 1 saturated heterocycles. The molecule has 0 atom stereocenters. The Bertz CT molecular complexity index is 842. The summed E-state index contributed by atoms with van der Waals surface area (Å²) < 4.78 is 32.6. The zero-order chi connectivity index (χ0) is 17.9. The van der Waals surface area contributed by atoms with Crippen molar-refractivity contribution < 1.29 is 17.9 Å². The molecule has 7 heteroatoms. The predicted octanol–water partition coefficient (Wildman–Crippen LogP) is 3.59. The maximum absolute atomic E-state index is 12.5. The van der Waals surface area contributed by atoms with Crippen LogP contribution in [-0.4, -0.2) is 31.8 Å². The van der Waals surface area contributed by atoms with E-state index < -0.39 is 16.0 Å². The highest BCUT2D eigenvalue weighted by atomic mass is 79.9. The van der Waals surface area contributed by atoms with Gasteiger partial charge in [0.2, 0.25) is 10.0 Å². The molecule has 0 spiro atoms. The largest absolute Gasteiger partial charge is 0.457 e. The monoisotopic (exact) mass is 423 g/mol. The smallest absolute Gasteiger partial charge is 0.338 e. The summed E-state index contributed by atoms with van der Waals surface area (Å²) in [7, 11) is -3.46. The summed E-state index contributed by atoms with van der Waals surface area (Å²) in [5, 5.41) is 0. The fourth-order valence-electron chi connectivity index (χ4n) is 2.65. The van der Waals surface area contributed by atoms with Crippen molar-refractivity contribution in [2.24, 2.45) is 0 Å². The Morgan fingerprint density at radius 2 is 1.60 bits per heavy atom. The molecule has 0 aliphatic carbocycles. The lowest BCUT2D eigenvalue weighted by atomic mass is 10.2. The molecule has 3 rings (SSSR count). The van der Waals surface area contributed by atoms with Crippen LogP contribution in [-0.2, 0) is 21.4 Å². The fourth-order valence-corrected chi connectivity index (χ4v) is 4.43. The van der Waals surface area contributed by atoms with Crippen LogP contribution in [0.3, 0.4) is 0 Å². The number of sulfonamides is 1. The van der Waals surface area contributed by atoms with Crippen LogP contribution >= 0.6 is 15.9 Å². The predicted molar refractivity (Wildman–Crippen MR) is 97.7 cm³/mol. The van der Waals surface area contributed by atoms with Gasteiger partial charge in [-0.15, -0.1) is 0 Å². The fraction of sp³-hybridized carbons (Fsp3) is 0.278. The molecule has 1 heterocycles. The second-order valence-corrected chi connectivity index (χ2v) is 8.69. The molecule has 2 aromatic rings.